The first-order chi connectivity index (χ1) is 9.81. The fraction of sp³-hybridized carbons (Fsp3) is 0.154. The van der Waals surface area contributed by atoms with Crippen molar-refractivity contribution in [3.05, 3.63) is 40.4 Å². The molecule has 0 fully saturated rings. The smallest absolute Gasteiger partial charge is 0.175 e. The average Bonchev–Trinajstić information content (AvgIpc) is 2.41. The molecule has 0 aliphatic rings. The van der Waals surface area contributed by atoms with Crippen LogP contribution in [0.25, 0.3) is 0 Å². The molecule has 0 atom stereocenters. The Labute approximate surface area is 133 Å². The molecular weight excluding hydrogens is 333 g/mol. The highest BCUT2D eigenvalue weighted by Crippen LogP contribution is 2.30. The van der Waals surface area contributed by atoms with Crippen molar-refractivity contribution in [1.29, 1.82) is 0 Å². The second kappa shape index (κ2) is 6.09. The van der Waals surface area contributed by atoms with Crippen LogP contribution in [0.4, 0.5) is 17.3 Å². The van der Waals surface area contributed by atoms with Crippen LogP contribution in [0.1, 0.15) is 0 Å². The zero-order chi connectivity index (χ0) is 15.6. The third-order valence-electron chi connectivity index (χ3n) is 2.71. The number of rotatable bonds is 4. The number of halogens is 2. The number of pyridine rings is 1. The van der Waals surface area contributed by atoms with Gasteiger partial charge in [0, 0.05) is 19.0 Å². The summed E-state index contributed by atoms with van der Waals surface area (Å²) in [6, 6.07) is 7.89. The van der Waals surface area contributed by atoms with Gasteiger partial charge >= 0.3 is 0 Å². The molecule has 0 saturated heterocycles. The van der Waals surface area contributed by atoms with Gasteiger partial charge in [-0.25, -0.2) is 13.4 Å². The zero-order valence-corrected chi connectivity index (χ0v) is 13.6. The van der Waals surface area contributed by atoms with E-state index in [9.17, 15) is 8.42 Å². The van der Waals surface area contributed by atoms with Gasteiger partial charge in [-0.05, 0) is 30.3 Å². The number of aromatic nitrogens is 1. The molecule has 0 unspecified atom stereocenters. The molecule has 0 aliphatic heterocycles. The van der Waals surface area contributed by atoms with Crippen molar-refractivity contribution < 1.29 is 8.42 Å². The van der Waals surface area contributed by atoms with Gasteiger partial charge in [0.15, 0.2) is 15.7 Å². The highest BCUT2D eigenvalue weighted by Gasteiger charge is 2.10. The van der Waals surface area contributed by atoms with Crippen molar-refractivity contribution in [2.45, 2.75) is 4.90 Å². The van der Waals surface area contributed by atoms with Gasteiger partial charge in [-0.2, -0.15) is 0 Å². The minimum atomic E-state index is -3.21. The van der Waals surface area contributed by atoms with Gasteiger partial charge in [0.25, 0.3) is 0 Å². The summed E-state index contributed by atoms with van der Waals surface area (Å²) in [6.07, 6.45) is 1.16. The molecule has 2 N–H and O–H groups in total. The van der Waals surface area contributed by atoms with Gasteiger partial charge in [-0.1, -0.05) is 23.2 Å². The Balaban J connectivity index is 2.30. The summed E-state index contributed by atoms with van der Waals surface area (Å²) in [6.45, 7) is 0. The lowest BCUT2D eigenvalue weighted by Crippen LogP contribution is -2.00. The van der Waals surface area contributed by atoms with E-state index in [1.165, 1.54) is 12.1 Å². The predicted octanol–water partition coefficient (Wildman–Crippen LogP) is 3.58. The highest BCUT2D eigenvalue weighted by atomic mass is 35.5. The minimum Gasteiger partial charge on any atom is -0.372 e. The summed E-state index contributed by atoms with van der Waals surface area (Å²) in [5.74, 6) is 0.925. The summed E-state index contributed by atoms with van der Waals surface area (Å²) in [5, 5.41) is 6.66. The van der Waals surface area contributed by atoms with Crippen LogP contribution in [-0.2, 0) is 9.84 Å². The number of benzene rings is 1. The average molecular weight is 346 g/mol. The second-order valence-electron chi connectivity index (χ2n) is 4.32. The van der Waals surface area contributed by atoms with Crippen LogP contribution in [0.3, 0.4) is 0 Å². The SMILES string of the molecule is CNc1nc(Nc2ccc(S(C)(=O)=O)cc2)c(Cl)cc1Cl. The van der Waals surface area contributed by atoms with E-state index in [0.717, 1.165) is 6.26 Å². The lowest BCUT2D eigenvalue weighted by Gasteiger charge is -2.11. The Morgan fingerprint density at radius 3 is 2.14 bits per heavy atom. The molecule has 0 spiro atoms. The number of nitrogens with zero attached hydrogens (tertiary/aromatic N) is 1. The van der Waals surface area contributed by atoms with Gasteiger partial charge in [0.1, 0.15) is 5.82 Å². The number of hydrogen-bond donors (Lipinski definition) is 2. The molecule has 21 heavy (non-hydrogen) atoms. The second-order valence-corrected chi connectivity index (χ2v) is 7.15. The maximum Gasteiger partial charge on any atom is 0.175 e. The van der Waals surface area contributed by atoms with E-state index in [2.05, 4.69) is 15.6 Å². The molecule has 2 aromatic rings. The van der Waals surface area contributed by atoms with Crippen LogP contribution in [0.2, 0.25) is 10.0 Å². The van der Waals surface area contributed by atoms with Crippen LogP contribution >= 0.6 is 23.2 Å². The van der Waals surface area contributed by atoms with Crippen molar-refractivity contribution in [3.8, 4) is 0 Å². The Morgan fingerprint density at radius 2 is 1.62 bits per heavy atom. The van der Waals surface area contributed by atoms with E-state index < -0.39 is 9.84 Å². The van der Waals surface area contributed by atoms with E-state index in [-0.39, 0.29) is 4.90 Å². The van der Waals surface area contributed by atoms with Gasteiger partial charge in [0.05, 0.1) is 14.9 Å². The molecular formula is C13H13Cl2N3O2S. The van der Waals surface area contributed by atoms with Crippen LogP contribution in [-0.4, -0.2) is 26.7 Å². The largest absolute Gasteiger partial charge is 0.372 e. The molecule has 1 aromatic carbocycles. The number of hydrogen-bond acceptors (Lipinski definition) is 5. The fourth-order valence-electron chi connectivity index (χ4n) is 1.65. The predicted molar refractivity (Wildman–Crippen MR) is 86.6 cm³/mol. The van der Waals surface area contributed by atoms with E-state index in [1.54, 1.807) is 25.2 Å². The lowest BCUT2D eigenvalue weighted by atomic mass is 10.3. The number of anilines is 3. The molecule has 0 radical (unpaired) electrons. The molecule has 2 rings (SSSR count). The van der Waals surface area contributed by atoms with Crippen LogP contribution < -0.4 is 10.6 Å². The van der Waals surface area contributed by atoms with Crippen LogP contribution in [0.15, 0.2) is 35.2 Å². The normalized spacial score (nSPS) is 11.2. The van der Waals surface area contributed by atoms with Crippen molar-refractivity contribution in [2.75, 3.05) is 23.9 Å². The van der Waals surface area contributed by atoms with Crippen molar-refractivity contribution >= 4 is 50.4 Å². The van der Waals surface area contributed by atoms with Crippen molar-refractivity contribution in [3.63, 3.8) is 0 Å². The summed E-state index contributed by atoms with van der Waals surface area (Å²) < 4.78 is 22.8. The Hall–Kier alpha value is -1.50. The Kier molecular flexibility index (Phi) is 4.61. The molecule has 1 aromatic heterocycles. The summed E-state index contributed by atoms with van der Waals surface area (Å²) >= 11 is 12.1. The maximum atomic E-state index is 11.4. The molecule has 0 saturated carbocycles. The number of nitrogens with one attached hydrogen (secondary N) is 2. The van der Waals surface area contributed by atoms with Gasteiger partial charge in [-0.15, -0.1) is 0 Å². The Bertz CT molecular complexity index is 762. The lowest BCUT2D eigenvalue weighted by molar-refractivity contribution is 0.602. The van der Waals surface area contributed by atoms with Crippen molar-refractivity contribution in [2.24, 2.45) is 0 Å². The summed E-state index contributed by atoms with van der Waals surface area (Å²) in [4.78, 5) is 4.50. The molecule has 8 heteroatoms. The van der Waals surface area contributed by atoms with Crippen LogP contribution in [0.5, 0.6) is 0 Å². The molecule has 1 heterocycles. The first-order valence-corrected chi connectivity index (χ1v) is 8.57. The van der Waals surface area contributed by atoms with Gasteiger partial charge in [0.2, 0.25) is 0 Å². The third-order valence-corrected chi connectivity index (χ3v) is 4.42. The standard InChI is InChI=1S/C13H13Cl2N3O2S/c1-16-12-10(14)7-11(15)13(18-12)17-8-3-5-9(6-4-8)21(2,19)20/h3-7H,1-2H3,(H2,16,17,18). The topological polar surface area (TPSA) is 71.1 Å². The van der Waals surface area contributed by atoms with Gasteiger partial charge in [-0.3, -0.25) is 0 Å². The summed E-state index contributed by atoms with van der Waals surface area (Å²) in [7, 11) is -1.51. The van der Waals surface area contributed by atoms with E-state index >= 15 is 0 Å². The van der Waals surface area contributed by atoms with Crippen molar-refractivity contribution in [1.82, 2.24) is 4.98 Å². The number of sulfone groups is 1. The maximum absolute atomic E-state index is 11.4. The first-order valence-electron chi connectivity index (χ1n) is 5.92. The van der Waals surface area contributed by atoms with E-state index in [4.69, 9.17) is 23.2 Å². The van der Waals surface area contributed by atoms with E-state index in [1.807, 2.05) is 0 Å². The zero-order valence-electron chi connectivity index (χ0n) is 11.3. The molecule has 5 nitrogen and oxygen atoms in total. The highest BCUT2D eigenvalue weighted by molar-refractivity contribution is 7.90. The first kappa shape index (κ1) is 15.9. The van der Waals surface area contributed by atoms with Gasteiger partial charge < -0.3 is 10.6 Å². The van der Waals surface area contributed by atoms with E-state index in [0.29, 0.717) is 27.4 Å². The molecule has 0 bridgehead atoms. The van der Waals surface area contributed by atoms with Crippen LogP contribution in [0, 0.1) is 0 Å². The Morgan fingerprint density at radius 1 is 1.05 bits per heavy atom. The molecule has 112 valence electrons. The minimum absolute atomic E-state index is 0.249. The fourth-order valence-corrected chi connectivity index (χ4v) is 2.78. The molecule has 0 amide bonds. The monoisotopic (exact) mass is 345 g/mol. The summed E-state index contributed by atoms with van der Waals surface area (Å²) in [5.41, 5.74) is 0.668. The quantitative estimate of drug-likeness (QED) is 0.886. The third kappa shape index (κ3) is 3.78. The molecule has 0 aliphatic carbocycles.